The van der Waals surface area contributed by atoms with Gasteiger partial charge in [0.25, 0.3) is 0 Å². The Hall–Kier alpha value is -3.89. The van der Waals surface area contributed by atoms with Crippen molar-refractivity contribution in [3.8, 4) is 34.0 Å². The molecule has 31 heavy (non-hydrogen) atoms. The van der Waals surface area contributed by atoms with Gasteiger partial charge in [0.1, 0.15) is 11.5 Å². The predicted molar refractivity (Wildman–Crippen MR) is 125 cm³/mol. The Morgan fingerprint density at radius 1 is 0.806 bits per heavy atom. The number of hydrogen-bond acceptors (Lipinski definition) is 3. The Labute approximate surface area is 185 Å². The molecule has 0 amide bonds. The number of aromatic nitrogens is 3. The van der Waals surface area contributed by atoms with Crippen LogP contribution in [0.25, 0.3) is 34.2 Å². The summed E-state index contributed by atoms with van der Waals surface area (Å²) >= 11 is 6.06. The van der Waals surface area contributed by atoms with Crippen LogP contribution in [0.3, 0.4) is 0 Å². The van der Waals surface area contributed by atoms with E-state index in [1.807, 2.05) is 95.5 Å². The third-order valence-corrected chi connectivity index (χ3v) is 5.18. The summed E-state index contributed by atoms with van der Waals surface area (Å²) in [5.74, 6) is 1.57. The molecule has 0 spiro atoms. The molecule has 4 nitrogen and oxygen atoms in total. The molecule has 2 heterocycles. The van der Waals surface area contributed by atoms with Gasteiger partial charge in [0, 0.05) is 22.2 Å². The second kappa shape index (κ2) is 8.09. The highest BCUT2D eigenvalue weighted by Gasteiger charge is 2.12. The molecule has 0 fully saturated rings. The lowest BCUT2D eigenvalue weighted by atomic mass is 10.1. The number of hydrogen-bond donors (Lipinski definition) is 0. The first-order valence-electron chi connectivity index (χ1n) is 9.82. The maximum Gasteiger partial charge on any atom is 0.156 e. The summed E-state index contributed by atoms with van der Waals surface area (Å²) < 4.78 is 7.76. The molecule has 0 bridgehead atoms. The molecule has 0 radical (unpaired) electrons. The molecule has 5 aromatic rings. The summed E-state index contributed by atoms with van der Waals surface area (Å²) in [5.41, 5.74) is 5.28. The van der Waals surface area contributed by atoms with E-state index in [2.05, 4.69) is 11.7 Å². The van der Waals surface area contributed by atoms with Gasteiger partial charge in [-0.3, -0.25) is 0 Å². The number of benzene rings is 3. The van der Waals surface area contributed by atoms with E-state index in [4.69, 9.17) is 21.3 Å². The minimum atomic E-state index is 0.692. The number of fused-ring (bicyclic) bond motifs is 1. The van der Waals surface area contributed by atoms with Crippen molar-refractivity contribution in [1.82, 2.24) is 14.6 Å². The van der Waals surface area contributed by atoms with E-state index < -0.39 is 0 Å². The zero-order valence-corrected chi connectivity index (χ0v) is 17.3. The summed E-state index contributed by atoms with van der Waals surface area (Å²) in [6.45, 7) is 3.84. The standard InChI is InChI=1S/C26H18ClN3O/c1-2-21-16-26-28-24(18-8-12-20(27)13-9-18)17-25(30(26)29-21)19-10-14-23(15-11-19)31-22-6-4-3-5-7-22/h2-17H,1H2. The van der Waals surface area contributed by atoms with Gasteiger partial charge in [-0.1, -0.05) is 48.5 Å². The minimum Gasteiger partial charge on any atom is -0.457 e. The first-order chi connectivity index (χ1) is 15.2. The SMILES string of the molecule is C=Cc1cc2nc(-c3ccc(Cl)cc3)cc(-c3ccc(Oc4ccccc4)cc3)n2n1. The zero-order chi connectivity index (χ0) is 21.2. The van der Waals surface area contributed by atoms with Crippen LogP contribution in [-0.4, -0.2) is 14.6 Å². The molecule has 0 saturated carbocycles. The third kappa shape index (κ3) is 3.93. The Bertz CT molecular complexity index is 1360. The fraction of sp³-hybridized carbons (Fsp3) is 0. The normalized spacial score (nSPS) is 10.9. The first-order valence-corrected chi connectivity index (χ1v) is 10.2. The van der Waals surface area contributed by atoms with Gasteiger partial charge in [0.05, 0.1) is 17.1 Å². The highest BCUT2D eigenvalue weighted by molar-refractivity contribution is 6.30. The van der Waals surface area contributed by atoms with Gasteiger partial charge >= 0.3 is 0 Å². The molecule has 0 aliphatic heterocycles. The maximum absolute atomic E-state index is 6.06. The van der Waals surface area contributed by atoms with Gasteiger partial charge in [0.15, 0.2) is 5.65 Å². The number of halogens is 1. The second-order valence-corrected chi connectivity index (χ2v) is 7.45. The van der Waals surface area contributed by atoms with Gasteiger partial charge < -0.3 is 4.74 Å². The predicted octanol–water partition coefficient (Wildman–Crippen LogP) is 7.15. The quantitative estimate of drug-likeness (QED) is 0.301. The molecule has 3 aromatic carbocycles. The van der Waals surface area contributed by atoms with Crippen LogP contribution in [0.4, 0.5) is 0 Å². The first kappa shape index (κ1) is 19.1. The lowest BCUT2D eigenvalue weighted by Gasteiger charge is -2.10. The van der Waals surface area contributed by atoms with E-state index in [1.54, 1.807) is 6.08 Å². The summed E-state index contributed by atoms with van der Waals surface area (Å²) in [4.78, 5) is 4.79. The van der Waals surface area contributed by atoms with E-state index in [0.29, 0.717) is 5.02 Å². The van der Waals surface area contributed by atoms with Crippen molar-refractivity contribution in [3.05, 3.63) is 108 Å². The Kier molecular flexibility index (Phi) is 4.98. The van der Waals surface area contributed by atoms with Crippen molar-refractivity contribution in [2.24, 2.45) is 0 Å². The highest BCUT2D eigenvalue weighted by Crippen LogP contribution is 2.30. The molecule has 0 aliphatic rings. The topological polar surface area (TPSA) is 39.4 Å². The third-order valence-electron chi connectivity index (χ3n) is 4.92. The van der Waals surface area contributed by atoms with Crippen LogP contribution in [0.15, 0.2) is 97.6 Å². The smallest absolute Gasteiger partial charge is 0.156 e. The number of nitrogens with zero attached hydrogens (tertiary/aromatic N) is 3. The van der Waals surface area contributed by atoms with Gasteiger partial charge in [-0.05, 0) is 60.7 Å². The minimum absolute atomic E-state index is 0.692. The molecular weight excluding hydrogens is 406 g/mol. The Balaban J connectivity index is 1.58. The number of rotatable bonds is 5. The molecule has 0 atom stereocenters. The monoisotopic (exact) mass is 423 g/mol. The molecular formula is C26H18ClN3O. The van der Waals surface area contributed by atoms with Crippen molar-refractivity contribution < 1.29 is 4.74 Å². The summed E-state index contributed by atoms with van der Waals surface area (Å²) in [5, 5.41) is 5.32. The second-order valence-electron chi connectivity index (χ2n) is 7.02. The number of ether oxygens (including phenoxy) is 1. The summed E-state index contributed by atoms with van der Waals surface area (Å²) in [7, 11) is 0. The fourth-order valence-corrected chi connectivity index (χ4v) is 3.51. The molecule has 5 rings (SSSR count). The van der Waals surface area contributed by atoms with Gasteiger partial charge in [0.2, 0.25) is 0 Å². The summed E-state index contributed by atoms with van der Waals surface area (Å²) in [6.07, 6.45) is 1.72. The molecule has 5 heteroatoms. The molecule has 150 valence electrons. The Morgan fingerprint density at radius 2 is 1.48 bits per heavy atom. The van der Waals surface area contributed by atoms with Crippen molar-refractivity contribution in [2.75, 3.05) is 0 Å². The van der Waals surface area contributed by atoms with Crippen LogP contribution in [0.5, 0.6) is 11.5 Å². The van der Waals surface area contributed by atoms with Gasteiger partial charge in [-0.15, -0.1) is 0 Å². The molecule has 0 saturated heterocycles. The van der Waals surface area contributed by atoms with E-state index in [-0.39, 0.29) is 0 Å². The van der Waals surface area contributed by atoms with Crippen LogP contribution in [0, 0.1) is 0 Å². The van der Waals surface area contributed by atoms with Crippen LogP contribution >= 0.6 is 11.6 Å². The van der Waals surface area contributed by atoms with Crippen LogP contribution < -0.4 is 4.74 Å². The highest BCUT2D eigenvalue weighted by atomic mass is 35.5. The van der Waals surface area contributed by atoms with Crippen LogP contribution in [0.1, 0.15) is 5.69 Å². The number of para-hydroxylation sites is 1. The van der Waals surface area contributed by atoms with Gasteiger partial charge in [-0.25, -0.2) is 9.50 Å². The molecule has 0 N–H and O–H groups in total. The summed E-state index contributed by atoms with van der Waals surface area (Å²) in [6, 6.07) is 29.3. The Morgan fingerprint density at radius 3 is 2.19 bits per heavy atom. The van der Waals surface area contributed by atoms with Crippen molar-refractivity contribution in [3.63, 3.8) is 0 Å². The maximum atomic E-state index is 6.06. The van der Waals surface area contributed by atoms with E-state index in [1.165, 1.54) is 0 Å². The van der Waals surface area contributed by atoms with Crippen LogP contribution in [0.2, 0.25) is 5.02 Å². The zero-order valence-electron chi connectivity index (χ0n) is 16.6. The van der Waals surface area contributed by atoms with Crippen molar-refractivity contribution >= 4 is 23.3 Å². The molecule has 0 unspecified atom stereocenters. The largest absolute Gasteiger partial charge is 0.457 e. The average molecular weight is 424 g/mol. The fourth-order valence-electron chi connectivity index (χ4n) is 3.38. The molecule has 2 aromatic heterocycles. The van der Waals surface area contributed by atoms with E-state index >= 15 is 0 Å². The average Bonchev–Trinajstić information content (AvgIpc) is 3.24. The van der Waals surface area contributed by atoms with Crippen molar-refractivity contribution in [1.29, 1.82) is 0 Å². The van der Waals surface area contributed by atoms with Crippen LogP contribution in [-0.2, 0) is 0 Å². The van der Waals surface area contributed by atoms with E-state index in [0.717, 1.165) is 45.4 Å². The van der Waals surface area contributed by atoms with Crippen molar-refractivity contribution in [2.45, 2.75) is 0 Å². The molecule has 0 aliphatic carbocycles. The van der Waals surface area contributed by atoms with Gasteiger partial charge in [-0.2, -0.15) is 5.10 Å². The lowest BCUT2D eigenvalue weighted by Crippen LogP contribution is -1.98. The van der Waals surface area contributed by atoms with E-state index in [9.17, 15) is 0 Å². The lowest BCUT2D eigenvalue weighted by molar-refractivity contribution is 0.483.